The zero-order chi connectivity index (χ0) is 11.7. The number of aryl methyl sites for hydroxylation is 1. The highest BCUT2D eigenvalue weighted by atomic mass is 32.1. The summed E-state index contributed by atoms with van der Waals surface area (Å²) in [5.41, 5.74) is -0.217. The molecule has 0 atom stereocenters. The number of carbonyl (C=O) groups is 1. The standard InChI is InChI=1S/C9H9N3O3S/c1-11-5-10-12(9(11)15)4-6-2-3-7(16-6)8(13)14/h2-3,5H,4H2,1H3,(H,13,14). The van der Waals surface area contributed by atoms with Crippen LogP contribution in [0.15, 0.2) is 23.3 Å². The van der Waals surface area contributed by atoms with Gasteiger partial charge < -0.3 is 5.11 Å². The number of carboxylic acids is 1. The van der Waals surface area contributed by atoms with Crippen LogP contribution in [0.2, 0.25) is 0 Å². The van der Waals surface area contributed by atoms with E-state index >= 15 is 0 Å². The fourth-order valence-corrected chi connectivity index (χ4v) is 2.08. The molecule has 0 amide bonds. The molecular weight excluding hydrogens is 230 g/mol. The smallest absolute Gasteiger partial charge is 0.345 e. The highest BCUT2D eigenvalue weighted by Crippen LogP contribution is 2.16. The Bertz CT molecular complexity index is 581. The highest BCUT2D eigenvalue weighted by molar-refractivity contribution is 7.13. The van der Waals surface area contributed by atoms with Crippen LogP contribution in [-0.2, 0) is 13.6 Å². The Balaban J connectivity index is 2.24. The summed E-state index contributed by atoms with van der Waals surface area (Å²) >= 11 is 1.15. The normalized spacial score (nSPS) is 10.6. The van der Waals surface area contributed by atoms with Crippen LogP contribution in [0.25, 0.3) is 0 Å². The molecule has 84 valence electrons. The Morgan fingerprint density at radius 3 is 2.81 bits per heavy atom. The molecule has 2 aromatic rings. The van der Waals surface area contributed by atoms with Crippen molar-refractivity contribution in [3.63, 3.8) is 0 Å². The third-order valence-corrected chi connectivity index (χ3v) is 3.12. The Kier molecular flexibility index (Phi) is 2.61. The molecule has 0 saturated carbocycles. The summed E-state index contributed by atoms with van der Waals surface area (Å²) in [5, 5.41) is 12.6. The molecule has 2 rings (SSSR count). The van der Waals surface area contributed by atoms with Gasteiger partial charge in [0.2, 0.25) is 0 Å². The molecule has 0 spiro atoms. The lowest BCUT2D eigenvalue weighted by molar-refractivity contribution is 0.0702. The largest absolute Gasteiger partial charge is 0.477 e. The van der Waals surface area contributed by atoms with Gasteiger partial charge in [0.1, 0.15) is 11.2 Å². The Morgan fingerprint density at radius 2 is 2.31 bits per heavy atom. The maximum atomic E-state index is 11.5. The minimum Gasteiger partial charge on any atom is -0.477 e. The summed E-state index contributed by atoms with van der Waals surface area (Å²) in [7, 11) is 1.61. The van der Waals surface area contributed by atoms with Crippen molar-refractivity contribution >= 4 is 17.3 Å². The van der Waals surface area contributed by atoms with Gasteiger partial charge in [-0.15, -0.1) is 11.3 Å². The van der Waals surface area contributed by atoms with E-state index in [1.807, 2.05) is 0 Å². The minimum atomic E-state index is -0.954. The number of aromatic nitrogens is 3. The van der Waals surface area contributed by atoms with Crippen molar-refractivity contribution in [2.75, 3.05) is 0 Å². The van der Waals surface area contributed by atoms with Crippen LogP contribution in [0.3, 0.4) is 0 Å². The van der Waals surface area contributed by atoms with Gasteiger partial charge in [0.25, 0.3) is 0 Å². The molecule has 1 N–H and O–H groups in total. The van der Waals surface area contributed by atoms with Crippen LogP contribution < -0.4 is 5.69 Å². The van der Waals surface area contributed by atoms with Gasteiger partial charge in [0.15, 0.2) is 0 Å². The van der Waals surface area contributed by atoms with Gasteiger partial charge in [0, 0.05) is 11.9 Å². The number of nitrogens with zero attached hydrogens (tertiary/aromatic N) is 3. The van der Waals surface area contributed by atoms with Gasteiger partial charge in [0.05, 0.1) is 6.54 Å². The van der Waals surface area contributed by atoms with E-state index in [4.69, 9.17) is 5.11 Å². The second kappa shape index (κ2) is 3.93. The van der Waals surface area contributed by atoms with Crippen LogP contribution in [0.1, 0.15) is 14.5 Å². The Hall–Kier alpha value is -1.89. The number of carboxylic acid groups (broad SMARTS) is 1. The maximum absolute atomic E-state index is 11.5. The van der Waals surface area contributed by atoms with E-state index < -0.39 is 5.97 Å². The summed E-state index contributed by atoms with van der Waals surface area (Å²) in [5.74, 6) is -0.954. The second-order valence-electron chi connectivity index (χ2n) is 3.25. The molecule has 2 aromatic heterocycles. The van der Waals surface area contributed by atoms with Crippen LogP contribution >= 0.6 is 11.3 Å². The fraction of sp³-hybridized carbons (Fsp3) is 0.222. The predicted molar refractivity (Wildman–Crippen MR) is 57.8 cm³/mol. The third-order valence-electron chi connectivity index (χ3n) is 2.06. The summed E-state index contributed by atoms with van der Waals surface area (Å²) in [6, 6.07) is 3.21. The predicted octanol–water partition coefficient (Wildman–Crippen LogP) is 0.390. The van der Waals surface area contributed by atoms with Crippen molar-refractivity contribution in [2.24, 2.45) is 7.05 Å². The maximum Gasteiger partial charge on any atom is 0.345 e. The van der Waals surface area contributed by atoms with Gasteiger partial charge in [-0.2, -0.15) is 5.10 Å². The van der Waals surface area contributed by atoms with E-state index in [-0.39, 0.29) is 10.6 Å². The summed E-state index contributed by atoms with van der Waals surface area (Å²) < 4.78 is 2.66. The summed E-state index contributed by atoms with van der Waals surface area (Å²) in [6.07, 6.45) is 1.42. The molecular formula is C9H9N3O3S. The molecule has 0 saturated heterocycles. The van der Waals surface area contributed by atoms with Crippen molar-refractivity contribution in [1.82, 2.24) is 14.3 Å². The molecule has 6 nitrogen and oxygen atoms in total. The molecule has 0 fully saturated rings. The average molecular weight is 239 g/mol. The summed E-state index contributed by atoms with van der Waals surface area (Å²) in [6.45, 7) is 0.303. The number of aromatic carboxylic acids is 1. The molecule has 0 aliphatic heterocycles. The van der Waals surface area contributed by atoms with E-state index in [1.165, 1.54) is 21.6 Å². The summed E-state index contributed by atoms with van der Waals surface area (Å²) in [4.78, 5) is 23.2. The molecule has 0 unspecified atom stereocenters. The van der Waals surface area contributed by atoms with E-state index in [0.29, 0.717) is 6.54 Å². The third kappa shape index (κ3) is 1.89. The van der Waals surface area contributed by atoms with E-state index in [1.54, 1.807) is 13.1 Å². The van der Waals surface area contributed by atoms with Crippen LogP contribution in [-0.4, -0.2) is 25.4 Å². The zero-order valence-electron chi connectivity index (χ0n) is 8.45. The minimum absolute atomic E-state index is 0.217. The zero-order valence-corrected chi connectivity index (χ0v) is 9.27. The first-order chi connectivity index (χ1) is 7.58. The van der Waals surface area contributed by atoms with E-state index in [2.05, 4.69) is 5.10 Å². The Morgan fingerprint density at radius 1 is 1.56 bits per heavy atom. The Labute approximate surface area is 94.4 Å². The molecule has 0 radical (unpaired) electrons. The number of hydrogen-bond donors (Lipinski definition) is 1. The van der Waals surface area contributed by atoms with Crippen molar-refractivity contribution in [1.29, 1.82) is 0 Å². The van der Waals surface area contributed by atoms with Gasteiger partial charge >= 0.3 is 11.7 Å². The van der Waals surface area contributed by atoms with E-state index in [0.717, 1.165) is 16.2 Å². The van der Waals surface area contributed by atoms with Crippen LogP contribution in [0.4, 0.5) is 0 Å². The first-order valence-corrected chi connectivity index (χ1v) is 5.30. The first kappa shape index (κ1) is 10.6. The van der Waals surface area contributed by atoms with Gasteiger partial charge in [-0.05, 0) is 12.1 Å². The topological polar surface area (TPSA) is 77.1 Å². The average Bonchev–Trinajstić information content (AvgIpc) is 2.81. The lowest BCUT2D eigenvalue weighted by Crippen LogP contribution is -2.23. The van der Waals surface area contributed by atoms with Crippen LogP contribution in [0, 0.1) is 0 Å². The van der Waals surface area contributed by atoms with Crippen molar-refractivity contribution in [3.05, 3.63) is 38.7 Å². The van der Waals surface area contributed by atoms with Crippen LogP contribution in [0.5, 0.6) is 0 Å². The molecule has 0 bridgehead atoms. The van der Waals surface area contributed by atoms with Gasteiger partial charge in [-0.3, -0.25) is 4.57 Å². The van der Waals surface area contributed by atoms with Crippen molar-refractivity contribution in [3.8, 4) is 0 Å². The molecule has 16 heavy (non-hydrogen) atoms. The molecule has 2 heterocycles. The van der Waals surface area contributed by atoms with Crippen molar-refractivity contribution in [2.45, 2.75) is 6.54 Å². The lowest BCUT2D eigenvalue weighted by Gasteiger charge is -1.94. The first-order valence-electron chi connectivity index (χ1n) is 4.48. The van der Waals surface area contributed by atoms with Gasteiger partial charge in [-0.25, -0.2) is 14.3 Å². The molecule has 0 aliphatic carbocycles. The SMILES string of the molecule is Cn1cnn(Cc2ccc(C(=O)O)s2)c1=O. The number of rotatable bonds is 3. The lowest BCUT2D eigenvalue weighted by atomic mass is 10.4. The van der Waals surface area contributed by atoms with Gasteiger partial charge in [-0.1, -0.05) is 0 Å². The molecule has 0 aromatic carbocycles. The second-order valence-corrected chi connectivity index (χ2v) is 4.42. The van der Waals surface area contributed by atoms with E-state index in [9.17, 15) is 9.59 Å². The fourth-order valence-electron chi connectivity index (χ4n) is 1.25. The van der Waals surface area contributed by atoms with Crippen molar-refractivity contribution < 1.29 is 9.90 Å². The monoisotopic (exact) mass is 239 g/mol. The molecule has 7 heteroatoms. The number of hydrogen-bond acceptors (Lipinski definition) is 4. The molecule has 0 aliphatic rings. The highest BCUT2D eigenvalue weighted by Gasteiger charge is 2.09. The number of thiophene rings is 1. The quantitative estimate of drug-likeness (QED) is 0.840.